The van der Waals surface area contributed by atoms with Crippen LogP contribution in [0, 0.1) is 29.1 Å². The Hall–Kier alpha value is -1.89. The Morgan fingerprint density at radius 1 is 0.970 bits per heavy atom. The van der Waals surface area contributed by atoms with Gasteiger partial charge >= 0.3 is 5.97 Å². The van der Waals surface area contributed by atoms with Gasteiger partial charge in [0.1, 0.15) is 5.75 Å². The summed E-state index contributed by atoms with van der Waals surface area (Å²) in [6.07, 6.45) is 21.4. The lowest BCUT2D eigenvalue weighted by atomic mass is 9.72. The number of carbonyl (C=O) groups is 1. The Bertz CT molecular complexity index is 695. The molecule has 1 aromatic heterocycles. The largest absolute Gasteiger partial charge is 0.425 e. The van der Waals surface area contributed by atoms with Crippen molar-refractivity contribution in [2.45, 2.75) is 123 Å². The fraction of sp³-hybridized carbons (Fsp3) is 0.759. The Labute approximate surface area is 202 Å². The molecule has 4 heteroatoms. The molecule has 1 aliphatic rings. The van der Waals surface area contributed by atoms with E-state index in [0.717, 1.165) is 44.2 Å². The van der Waals surface area contributed by atoms with Crippen LogP contribution in [-0.2, 0) is 11.2 Å². The van der Waals surface area contributed by atoms with E-state index >= 15 is 0 Å². The highest BCUT2D eigenvalue weighted by atomic mass is 16.5. The van der Waals surface area contributed by atoms with E-state index in [-0.39, 0.29) is 17.8 Å². The van der Waals surface area contributed by atoms with Crippen LogP contribution in [0.3, 0.4) is 0 Å². The molecule has 3 atom stereocenters. The minimum absolute atomic E-state index is 0.0906. The zero-order chi connectivity index (χ0) is 23.7. The third kappa shape index (κ3) is 10.7. The highest BCUT2D eigenvalue weighted by Gasteiger charge is 2.34. The first-order valence-corrected chi connectivity index (χ1v) is 13.7. The van der Waals surface area contributed by atoms with Crippen molar-refractivity contribution in [2.24, 2.45) is 17.8 Å². The van der Waals surface area contributed by atoms with Crippen molar-refractivity contribution in [3.8, 4) is 11.8 Å². The lowest BCUT2D eigenvalue weighted by Gasteiger charge is -2.31. The zero-order valence-corrected chi connectivity index (χ0v) is 21.2. The molecule has 0 spiro atoms. The van der Waals surface area contributed by atoms with Gasteiger partial charge in [0.25, 0.3) is 0 Å². The number of unbranched alkanes of at least 4 members (excludes halogenated alkanes) is 10. The lowest BCUT2D eigenvalue weighted by molar-refractivity contribution is -0.140. The van der Waals surface area contributed by atoms with Crippen LogP contribution in [0.25, 0.3) is 0 Å². The van der Waals surface area contributed by atoms with Crippen LogP contribution in [0.2, 0.25) is 0 Å². The van der Waals surface area contributed by atoms with Gasteiger partial charge in [0.2, 0.25) is 0 Å². The summed E-state index contributed by atoms with van der Waals surface area (Å²) in [7, 11) is 0. The molecule has 0 saturated heterocycles. The number of rotatable bonds is 16. The van der Waals surface area contributed by atoms with Crippen molar-refractivity contribution in [3.63, 3.8) is 0 Å². The van der Waals surface area contributed by atoms with E-state index in [1.807, 2.05) is 12.1 Å². The van der Waals surface area contributed by atoms with Crippen LogP contribution in [0.5, 0.6) is 5.75 Å². The van der Waals surface area contributed by atoms with Gasteiger partial charge < -0.3 is 4.74 Å². The average molecular weight is 455 g/mol. The molecule has 0 radical (unpaired) electrons. The van der Waals surface area contributed by atoms with Crippen molar-refractivity contribution in [1.29, 1.82) is 5.26 Å². The van der Waals surface area contributed by atoms with Gasteiger partial charge in [-0.05, 0) is 56.6 Å². The fourth-order valence-corrected chi connectivity index (χ4v) is 5.06. The van der Waals surface area contributed by atoms with E-state index in [2.05, 4.69) is 24.9 Å². The first-order valence-electron chi connectivity index (χ1n) is 13.7. The van der Waals surface area contributed by atoms with Crippen molar-refractivity contribution in [1.82, 2.24) is 4.98 Å². The summed E-state index contributed by atoms with van der Waals surface area (Å²) in [5.41, 5.74) is 1.07. The number of pyridine rings is 1. The summed E-state index contributed by atoms with van der Waals surface area (Å²) < 4.78 is 5.68. The van der Waals surface area contributed by atoms with Gasteiger partial charge in [0.15, 0.2) is 0 Å². The second-order valence-electron chi connectivity index (χ2n) is 9.99. The zero-order valence-electron chi connectivity index (χ0n) is 21.2. The van der Waals surface area contributed by atoms with Gasteiger partial charge in [0, 0.05) is 11.6 Å². The Morgan fingerprint density at radius 3 is 2.27 bits per heavy atom. The number of carbonyl (C=O) groups excluding carboxylic acids is 1. The second-order valence-corrected chi connectivity index (χ2v) is 9.99. The normalized spacial score (nSPS) is 20.3. The third-order valence-electron chi connectivity index (χ3n) is 7.21. The summed E-state index contributed by atoms with van der Waals surface area (Å²) in [5.74, 6) is 0.715. The quantitative estimate of drug-likeness (QED) is 0.186. The third-order valence-corrected chi connectivity index (χ3v) is 7.21. The average Bonchev–Trinajstić information content (AvgIpc) is 2.84. The lowest BCUT2D eigenvalue weighted by Crippen LogP contribution is -2.31. The van der Waals surface area contributed by atoms with E-state index in [1.54, 1.807) is 6.20 Å². The molecule has 0 N–H and O–H groups in total. The molecule has 2 rings (SSSR count). The Balaban J connectivity index is 1.72. The van der Waals surface area contributed by atoms with E-state index in [0.29, 0.717) is 11.7 Å². The van der Waals surface area contributed by atoms with Gasteiger partial charge in [0.05, 0.1) is 18.2 Å². The molecular formula is C29H46N2O2. The van der Waals surface area contributed by atoms with Crippen molar-refractivity contribution >= 4 is 5.97 Å². The molecule has 33 heavy (non-hydrogen) atoms. The molecular weight excluding hydrogens is 408 g/mol. The predicted molar refractivity (Wildman–Crippen MR) is 135 cm³/mol. The van der Waals surface area contributed by atoms with Gasteiger partial charge in [-0.25, -0.2) is 0 Å². The molecule has 1 heterocycles. The minimum Gasteiger partial charge on any atom is -0.425 e. The van der Waals surface area contributed by atoms with Crippen molar-refractivity contribution in [3.05, 3.63) is 24.0 Å². The molecule has 1 fully saturated rings. The summed E-state index contributed by atoms with van der Waals surface area (Å²) >= 11 is 0. The summed E-state index contributed by atoms with van der Waals surface area (Å²) in [6.45, 7) is 4.47. The van der Waals surface area contributed by atoms with Crippen molar-refractivity contribution < 1.29 is 9.53 Å². The van der Waals surface area contributed by atoms with Crippen LogP contribution in [0.4, 0.5) is 0 Å². The van der Waals surface area contributed by atoms with E-state index < -0.39 is 0 Å². The van der Waals surface area contributed by atoms with Gasteiger partial charge in [-0.1, -0.05) is 84.5 Å². The standard InChI is InChI=1S/C29H46N2O2/c1-3-5-7-9-10-12-14-16-27-19-20-28(23-31-27)33-29(32)25-17-18-26(22-30)24(21-25)15-13-11-8-6-4-2/h19-20,23-26H,3-18,21H2,1-2H3/t24-,25+,26-/m0/s1. The molecule has 0 bridgehead atoms. The maximum atomic E-state index is 12.8. The number of nitrogens with zero attached hydrogens (tertiary/aromatic N) is 2. The first-order chi connectivity index (χ1) is 16.2. The number of aryl methyl sites for hydroxylation is 1. The minimum atomic E-state index is -0.149. The molecule has 184 valence electrons. The SMILES string of the molecule is CCCCCCCCCc1ccc(OC(=O)[C@@H]2CC[C@@H](C#N)[C@@H](CCCCCCC)C2)cn1. The van der Waals surface area contributed by atoms with Crippen LogP contribution in [0.1, 0.15) is 122 Å². The molecule has 0 aromatic carbocycles. The van der Waals surface area contributed by atoms with Crippen LogP contribution >= 0.6 is 0 Å². The Kier molecular flexibility index (Phi) is 13.8. The molecule has 4 nitrogen and oxygen atoms in total. The molecule has 0 unspecified atom stereocenters. The molecule has 1 saturated carbocycles. The summed E-state index contributed by atoms with van der Waals surface area (Å²) in [5, 5.41) is 9.54. The molecule has 1 aromatic rings. The van der Waals surface area contributed by atoms with E-state index in [1.165, 1.54) is 70.6 Å². The van der Waals surface area contributed by atoms with Crippen LogP contribution < -0.4 is 4.74 Å². The number of esters is 1. The summed E-state index contributed by atoms with van der Waals surface area (Å²) in [4.78, 5) is 17.3. The number of hydrogen-bond donors (Lipinski definition) is 0. The fourth-order valence-electron chi connectivity index (χ4n) is 5.06. The van der Waals surface area contributed by atoms with E-state index in [9.17, 15) is 10.1 Å². The number of ether oxygens (including phenoxy) is 1. The molecule has 1 aliphatic carbocycles. The smallest absolute Gasteiger partial charge is 0.314 e. The summed E-state index contributed by atoms with van der Waals surface area (Å²) in [6, 6.07) is 6.37. The van der Waals surface area contributed by atoms with Crippen molar-refractivity contribution in [2.75, 3.05) is 0 Å². The number of nitriles is 1. The van der Waals surface area contributed by atoms with Crippen LogP contribution in [-0.4, -0.2) is 11.0 Å². The first kappa shape index (κ1) is 27.4. The van der Waals surface area contributed by atoms with Gasteiger partial charge in [-0.2, -0.15) is 5.26 Å². The second kappa shape index (κ2) is 16.7. The Morgan fingerprint density at radius 2 is 1.64 bits per heavy atom. The molecule has 0 amide bonds. The van der Waals surface area contributed by atoms with Crippen LogP contribution in [0.15, 0.2) is 18.3 Å². The van der Waals surface area contributed by atoms with Gasteiger partial charge in [-0.15, -0.1) is 0 Å². The topological polar surface area (TPSA) is 63.0 Å². The number of hydrogen-bond acceptors (Lipinski definition) is 4. The molecule has 0 aliphatic heterocycles. The maximum absolute atomic E-state index is 12.8. The predicted octanol–water partition coefficient (Wildman–Crippen LogP) is 8.20. The van der Waals surface area contributed by atoms with E-state index in [4.69, 9.17) is 4.74 Å². The number of aromatic nitrogens is 1. The maximum Gasteiger partial charge on any atom is 0.314 e. The highest BCUT2D eigenvalue weighted by Crippen LogP contribution is 2.37. The highest BCUT2D eigenvalue weighted by molar-refractivity contribution is 5.75. The van der Waals surface area contributed by atoms with Gasteiger partial charge in [-0.3, -0.25) is 9.78 Å². The monoisotopic (exact) mass is 454 g/mol.